The van der Waals surface area contributed by atoms with Crippen LogP contribution in [0.5, 0.6) is 0 Å². The Morgan fingerprint density at radius 2 is 2.00 bits per heavy atom. The summed E-state index contributed by atoms with van der Waals surface area (Å²) in [7, 11) is 0. The summed E-state index contributed by atoms with van der Waals surface area (Å²) in [5, 5.41) is 8.77. The van der Waals surface area contributed by atoms with E-state index in [0.717, 1.165) is 6.42 Å². The normalized spacial score (nSPS) is 13.8. The molecule has 0 fully saturated rings. The van der Waals surface area contributed by atoms with Crippen LogP contribution in [-0.2, 0) is 0 Å². The molecule has 0 aliphatic heterocycles. The van der Waals surface area contributed by atoms with E-state index in [2.05, 4.69) is 6.07 Å². The van der Waals surface area contributed by atoms with E-state index in [1.54, 1.807) is 0 Å². The van der Waals surface area contributed by atoms with E-state index in [1.165, 1.54) is 0 Å². The molecule has 0 amide bonds. The highest BCUT2D eigenvalue weighted by atomic mass is 16.1. The number of rotatable bonds is 5. The molecule has 0 saturated heterocycles. The van der Waals surface area contributed by atoms with Crippen molar-refractivity contribution in [3.8, 4) is 6.07 Å². The lowest BCUT2D eigenvalue weighted by atomic mass is 9.83. The number of hydrogen-bond donors (Lipinski definition) is 0. The summed E-state index contributed by atoms with van der Waals surface area (Å²) in [5.41, 5.74) is 0.711. The minimum absolute atomic E-state index is 0.0940. The smallest absolute Gasteiger partial charge is 0.167 e. The Hall–Kier alpha value is -1.62. The Kier molecular flexibility index (Phi) is 4.72. The largest absolute Gasteiger partial charge is 0.294 e. The van der Waals surface area contributed by atoms with E-state index >= 15 is 0 Å². The van der Waals surface area contributed by atoms with Crippen molar-refractivity contribution >= 4 is 5.78 Å². The van der Waals surface area contributed by atoms with Gasteiger partial charge in [-0.25, -0.2) is 0 Å². The molecule has 0 radical (unpaired) electrons. The van der Waals surface area contributed by atoms with E-state index in [-0.39, 0.29) is 17.6 Å². The molecule has 0 saturated carbocycles. The first-order valence-electron chi connectivity index (χ1n) is 5.66. The Morgan fingerprint density at radius 1 is 1.38 bits per heavy atom. The van der Waals surface area contributed by atoms with E-state index in [9.17, 15) is 4.79 Å². The average Bonchev–Trinajstić information content (AvgIpc) is 2.35. The van der Waals surface area contributed by atoms with E-state index in [0.29, 0.717) is 12.0 Å². The lowest BCUT2D eigenvalue weighted by Gasteiger charge is -2.18. The van der Waals surface area contributed by atoms with Crippen LogP contribution in [0.25, 0.3) is 0 Å². The number of benzene rings is 1. The standard InChI is InChI=1S/C14H17NO/c1-3-11(2)13(9-10-15)14(16)12-7-5-4-6-8-12/h4-8,11,13H,3,9H2,1-2H3. The maximum atomic E-state index is 12.2. The molecule has 0 N–H and O–H groups in total. The molecule has 2 nitrogen and oxygen atoms in total. The highest BCUT2D eigenvalue weighted by Gasteiger charge is 2.24. The number of carbonyl (C=O) groups is 1. The summed E-state index contributed by atoms with van der Waals surface area (Å²) in [6.07, 6.45) is 1.23. The van der Waals surface area contributed by atoms with Gasteiger partial charge in [-0.15, -0.1) is 0 Å². The molecule has 2 heteroatoms. The lowest BCUT2D eigenvalue weighted by Crippen LogP contribution is -2.21. The first kappa shape index (κ1) is 12.4. The Morgan fingerprint density at radius 3 is 2.50 bits per heavy atom. The van der Waals surface area contributed by atoms with E-state index in [4.69, 9.17) is 5.26 Å². The van der Waals surface area contributed by atoms with E-state index in [1.807, 2.05) is 44.2 Å². The van der Waals surface area contributed by atoms with Gasteiger partial charge < -0.3 is 0 Å². The Balaban J connectivity index is 2.88. The third-order valence-electron chi connectivity index (χ3n) is 3.04. The maximum absolute atomic E-state index is 12.2. The Bertz CT molecular complexity index is 377. The average molecular weight is 215 g/mol. The summed E-state index contributed by atoms with van der Waals surface area (Å²) >= 11 is 0. The minimum Gasteiger partial charge on any atom is -0.294 e. The van der Waals surface area contributed by atoms with Gasteiger partial charge in [0.05, 0.1) is 6.07 Å². The molecule has 0 aliphatic carbocycles. The molecule has 0 heterocycles. The van der Waals surface area contributed by atoms with E-state index < -0.39 is 0 Å². The summed E-state index contributed by atoms with van der Waals surface area (Å²) in [5.74, 6) is 0.182. The zero-order valence-corrected chi connectivity index (χ0v) is 9.81. The van der Waals surface area contributed by atoms with Gasteiger partial charge in [-0.1, -0.05) is 50.6 Å². The van der Waals surface area contributed by atoms with Crippen LogP contribution in [0.1, 0.15) is 37.0 Å². The quantitative estimate of drug-likeness (QED) is 0.706. The number of hydrogen-bond acceptors (Lipinski definition) is 2. The highest BCUT2D eigenvalue weighted by Crippen LogP contribution is 2.23. The lowest BCUT2D eigenvalue weighted by molar-refractivity contribution is 0.0879. The van der Waals surface area contributed by atoms with Gasteiger partial charge in [0.2, 0.25) is 0 Å². The fraction of sp³-hybridized carbons (Fsp3) is 0.429. The van der Waals surface area contributed by atoms with Gasteiger partial charge in [-0.2, -0.15) is 5.26 Å². The van der Waals surface area contributed by atoms with Gasteiger partial charge in [0.1, 0.15) is 0 Å². The zero-order valence-electron chi connectivity index (χ0n) is 9.81. The molecule has 84 valence electrons. The third-order valence-corrected chi connectivity index (χ3v) is 3.04. The second-order valence-electron chi connectivity index (χ2n) is 4.08. The van der Waals surface area contributed by atoms with Gasteiger partial charge in [0.15, 0.2) is 5.78 Å². The SMILES string of the molecule is CCC(C)C(CC#N)C(=O)c1ccccc1. The molecule has 0 aliphatic rings. The van der Waals surface area contributed by atoms with Crippen LogP contribution >= 0.6 is 0 Å². The van der Waals surface area contributed by atoms with Gasteiger partial charge in [-0.05, 0) is 5.92 Å². The van der Waals surface area contributed by atoms with Crippen molar-refractivity contribution in [1.29, 1.82) is 5.26 Å². The number of nitrogens with zero attached hydrogens (tertiary/aromatic N) is 1. The van der Waals surface area contributed by atoms with Crippen LogP contribution in [0, 0.1) is 23.2 Å². The first-order valence-corrected chi connectivity index (χ1v) is 5.66. The summed E-state index contributed by atoms with van der Waals surface area (Å²) in [6.45, 7) is 4.08. The first-order chi connectivity index (χ1) is 7.70. The maximum Gasteiger partial charge on any atom is 0.167 e. The van der Waals surface area contributed by atoms with Crippen molar-refractivity contribution in [3.63, 3.8) is 0 Å². The molecule has 2 unspecified atom stereocenters. The number of nitriles is 1. The van der Waals surface area contributed by atoms with Crippen molar-refractivity contribution in [3.05, 3.63) is 35.9 Å². The predicted octanol–water partition coefficient (Wildman–Crippen LogP) is 3.45. The highest BCUT2D eigenvalue weighted by molar-refractivity contribution is 5.98. The summed E-state index contributed by atoms with van der Waals surface area (Å²) in [6, 6.07) is 11.3. The van der Waals surface area contributed by atoms with Crippen LogP contribution in [0.2, 0.25) is 0 Å². The monoisotopic (exact) mass is 215 g/mol. The topological polar surface area (TPSA) is 40.9 Å². The summed E-state index contributed by atoms with van der Waals surface area (Å²) in [4.78, 5) is 12.2. The van der Waals surface area contributed by atoms with Crippen LogP contribution < -0.4 is 0 Å². The van der Waals surface area contributed by atoms with Gasteiger partial charge in [0.25, 0.3) is 0 Å². The Labute approximate surface area is 96.9 Å². The van der Waals surface area contributed by atoms with Crippen molar-refractivity contribution in [2.45, 2.75) is 26.7 Å². The van der Waals surface area contributed by atoms with Crippen molar-refractivity contribution in [2.75, 3.05) is 0 Å². The second kappa shape index (κ2) is 6.07. The molecule has 16 heavy (non-hydrogen) atoms. The van der Waals surface area contributed by atoms with Gasteiger partial charge in [0, 0.05) is 17.9 Å². The van der Waals surface area contributed by atoms with Crippen molar-refractivity contribution < 1.29 is 4.79 Å². The van der Waals surface area contributed by atoms with Crippen LogP contribution in [0.4, 0.5) is 0 Å². The minimum atomic E-state index is -0.169. The fourth-order valence-corrected chi connectivity index (χ4v) is 1.75. The number of carbonyl (C=O) groups excluding carboxylic acids is 1. The molecule has 1 aromatic carbocycles. The van der Waals surface area contributed by atoms with Gasteiger partial charge in [-0.3, -0.25) is 4.79 Å². The van der Waals surface area contributed by atoms with Crippen LogP contribution in [0.15, 0.2) is 30.3 Å². The molecule has 0 bridgehead atoms. The molecule has 2 atom stereocenters. The number of ketones is 1. The second-order valence-corrected chi connectivity index (χ2v) is 4.08. The third kappa shape index (κ3) is 2.93. The zero-order chi connectivity index (χ0) is 12.0. The molecular weight excluding hydrogens is 198 g/mol. The molecule has 0 spiro atoms. The molecule has 1 rings (SSSR count). The van der Waals surface area contributed by atoms with Crippen LogP contribution in [0.3, 0.4) is 0 Å². The predicted molar refractivity (Wildman–Crippen MR) is 63.9 cm³/mol. The molecule has 1 aromatic rings. The van der Waals surface area contributed by atoms with Crippen molar-refractivity contribution in [1.82, 2.24) is 0 Å². The van der Waals surface area contributed by atoms with Crippen LogP contribution in [-0.4, -0.2) is 5.78 Å². The molecular formula is C14H17NO. The molecule has 0 aromatic heterocycles. The summed E-state index contributed by atoms with van der Waals surface area (Å²) < 4.78 is 0. The van der Waals surface area contributed by atoms with Gasteiger partial charge >= 0.3 is 0 Å². The fourth-order valence-electron chi connectivity index (χ4n) is 1.75. The number of Topliss-reactive ketones (excluding diaryl/α,β-unsaturated/α-hetero) is 1. The van der Waals surface area contributed by atoms with Crippen molar-refractivity contribution in [2.24, 2.45) is 11.8 Å².